The molecule has 10 nitrogen and oxygen atoms in total. The fourth-order valence-corrected chi connectivity index (χ4v) is 4.90. The summed E-state index contributed by atoms with van der Waals surface area (Å²) in [5.41, 5.74) is -0.396. The zero-order valence-corrected chi connectivity index (χ0v) is 19.3. The van der Waals surface area contributed by atoms with E-state index in [1.807, 2.05) is 0 Å². The minimum Gasteiger partial charge on any atom is -0.474 e. The van der Waals surface area contributed by atoms with Gasteiger partial charge in [0.2, 0.25) is 12.7 Å². The number of carbonyl (C=O) groups is 2. The highest BCUT2D eigenvalue weighted by Crippen LogP contribution is 2.39. The van der Waals surface area contributed by atoms with E-state index in [0.29, 0.717) is 60.2 Å². The predicted octanol–water partition coefficient (Wildman–Crippen LogP) is 3.93. The van der Waals surface area contributed by atoms with E-state index in [0.717, 1.165) is 22.1 Å². The number of fused-ring (bicyclic) bond motifs is 2. The van der Waals surface area contributed by atoms with E-state index in [1.54, 1.807) is 12.1 Å². The number of urea groups is 1. The highest BCUT2D eigenvalue weighted by Gasteiger charge is 2.43. The Morgan fingerprint density at radius 2 is 1.73 bits per heavy atom. The first-order valence-electron chi connectivity index (χ1n) is 11.6. The normalized spacial score (nSPS) is 21.7. The Morgan fingerprint density at radius 1 is 0.973 bits per heavy atom. The predicted molar refractivity (Wildman–Crippen MR) is 121 cm³/mol. The quantitative estimate of drug-likeness (QED) is 0.481. The van der Waals surface area contributed by atoms with Crippen LogP contribution in [0.5, 0.6) is 17.4 Å². The smallest absolute Gasteiger partial charge is 0.417 e. The first-order chi connectivity index (χ1) is 17.8. The standard InChI is InChI=1S/C24H20F3N5O5/c25-24(26,27)13-5-15(9-28-8-13)31-10-21(33)32(23(31)34)14-1-3-16(4-2-14)37-22-17-6-19-20(36-12-35-19)7-18(17)29-11-30-22/h5-9,11,14,16H,1-4,10,12H2/t14-,16-. The Kier molecular flexibility index (Phi) is 5.50. The molecule has 2 aliphatic heterocycles. The molecule has 2 aromatic heterocycles. The fourth-order valence-electron chi connectivity index (χ4n) is 4.90. The van der Waals surface area contributed by atoms with Crippen LogP contribution in [-0.2, 0) is 11.0 Å². The highest BCUT2D eigenvalue weighted by molar-refractivity contribution is 6.12. The van der Waals surface area contributed by atoms with E-state index in [-0.39, 0.29) is 31.2 Å². The van der Waals surface area contributed by atoms with Crippen LogP contribution in [0.15, 0.2) is 36.9 Å². The third-order valence-corrected chi connectivity index (χ3v) is 6.74. The molecule has 192 valence electrons. The molecule has 0 bridgehead atoms. The molecule has 3 amide bonds. The maximum atomic E-state index is 13.1. The fraction of sp³-hybridized carbons (Fsp3) is 0.375. The molecule has 3 aliphatic rings. The highest BCUT2D eigenvalue weighted by atomic mass is 19.4. The summed E-state index contributed by atoms with van der Waals surface area (Å²) < 4.78 is 56.2. The number of benzene rings is 1. The molecule has 1 saturated carbocycles. The Labute approximate surface area is 208 Å². The molecule has 1 aromatic carbocycles. The van der Waals surface area contributed by atoms with E-state index in [9.17, 15) is 22.8 Å². The van der Waals surface area contributed by atoms with Crippen molar-refractivity contribution in [2.24, 2.45) is 0 Å². The van der Waals surface area contributed by atoms with E-state index in [1.165, 1.54) is 6.33 Å². The Morgan fingerprint density at radius 3 is 2.49 bits per heavy atom. The maximum absolute atomic E-state index is 13.1. The summed E-state index contributed by atoms with van der Waals surface area (Å²) in [5, 5.41) is 0.684. The lowest BCUT2D eigenvalue weighted by Crippen LogP contribution is -2.44. The second-order valence-corrected chi connectivity index (χ2v) is 9.01. The van der Waals surface area contributed by atoms with Gasteiger partial charge in [-0.3, -0.25) is 19.6 Å². The van der Waals surface area contributed by atoms with E-state index < -0.39 is 23.7 Å². The number of rotatable bonds is 4. The number of halogens is 3. The van der Waals surface area contributed by atoms with Crippen molar-refractivity contribution in [2.75, 3.05) is 18.2 Å². The minimum absolute atomic E-state index is 0.0656. The van der Waals surface area contributed by atoms with Crippen molar-refractivity contribution in [1.82, 2.24) is 19.9 Å². The van der Waals surface area contributed by atoms with Crippen LogP contribution in [0.4, 0.5) is 23.7 Å². The summed E-state index contributed by atoms with van der Waals surface area (Å²) in [5.74, 6) is 1.14. The van der Waals surface area contributed by atoms with E-state index in [4.69, 9.17) is 14.2 Å². The maximum Gasteiger partial charge on any atom is 0.417 e. The number of carbonyl (C=O) groups excluding carboxylic acids is 2. The van der Waals surface area contributed by atoms with Crippen molar-refractivity contribution in [3.63, 3.8) is 0 Å². The first kappa shape index (κ1) is 23.3. The van der Waals surface area contributed by atoms with Crippen LogP contribution in [0.2, 0.25) is 0 Å². The number of hydrogen-bond acceptors (Lipinski definition) is 8. The van der Waals surface area contributed by atoms with Crippen molar-refractivity contribution in [3.8, 4) is 17.4 Å². The SMILES string of the molecule is O=C1CN(c2cncc(C(F)(F)F)c2)C(=O)N1[C@H]1CC[C@H](Oc2ncnc3cc4c(cc23)OCO4)CC1. The molecule has 0 unspecified atom stereocenters. The zero-order chi connectivity index (χ0) is 25.7. The van der Waals surface area contributed by atoms with Crippen LogP contribution >= 0.6 is 0 Å². The minimum atomic E-state index is -4.61. The summed E-state index contributed by atoms with van der Waals surface area (Å²) >= 11 is 0. The largest absolute Gasteiger partial charge is 0.474 e. The third kappa shape index (κ3) is 4.23. The number of pyridine rings is 1. The molecule has 0 N–H and O–H groups in total. The number of alkyl halides is 3. The van der Waals surface area contributed by atoms with Crippen molar-refractivity contribution >= 4 is 28.5 Å². The van der Waals surface area contributed by atoms with Gasteiger partial charge < -0.3 is 14.2 Å². The molecule has 13 heteroatoms. The monoisotopic (exact) mass is 515 g/mol. The molecule has 37 heavy (non-hydrogen) atoms. The lowest BCUT2D eigenvalue weighted by Gasteiger charge is -2.33. The average molecular weight is 515 g/mol. The van der Waals surface area contributed by atoms with Gasteiger partial charge in [-0.15, -0.1) is 0 Å². The Balaban J connectivity index is 1.13. The Hall–Kier alpha value is -4.16. The molecule has 0 spiro atoms. The summed E-state index contributed by atoms with van der Waals surface area (Å²) in [6.07, 6.45) is 0.530. The number of amides is 3. The van der Waals surface area contributed by atoms with Crippen molar-refractivity contribution in [3.05, 3.63) is 42.5 Å². The van der Waals surface area contributed by atoms with Gasteiger partial charge in [0.25, 0.3) is 5.91 Å². The number of anilines is 1. The summed E-state index contributed by atoms with van der Waals surface area (Å²) in [4.78, 5) is 40.1. The first-order valence-corrected chi connectivity index (χ1v) is 11.6. The third-order valence-electron chi connectivity index (χ3n) is 6.74. The lowest BCUT2D eigenvalue weighted by atomic mass is 9.92. The Bertz CT molecular complexity index is 1390. The molecular formula is C24H20F3N5O5. The van der Waals surface area contributed by atoms with Gasteiger partial charge in [-0.1, -0.05) is 0 Å². The topological polar surface area (TPSA) is 107 Å². The van der Waals surface area contributed by atoms with Crippen LogP contribution in [0.1, 0.15) is 31.2 Å². The van der Waals surface area contributed by atoms with E-state index >= 15 is 0 Å². The van der Waals surface area contributed by atoms with Crippen molar-refractivity contribution in [1.29, 1.82) is 0 Å². The molecule has 3 aromatic rings. The molecule has 6 rings (SSSR count). The second kappa shape index (κ2) is 8.75. The summed E-state index contributed by atoms with van der Waals surface area (Å²) in [6.45, 7) is -0.198. The number of ether oxygens (including phenoxy) is 3. The van der Waals surface area contributed by atoms with Crippen molar-refractivity contribution in [2.45, 2.75) is 44.0 Å². The van der Waals surface area contributed by atoms with Gasteiger partial charge in [-0.25, -0.2) is 14.8 Å². The van der Waals surface area contributed by atoms with Gasteiger partial charge >= 0.3 is 12.2 Å². The van der Waals surface area contributed by atoms with Crippen LogP contribution in [0, 0.1) is 0 Å². The molecule has 0 radical (unpaired) electrons. The number of nitrogens with zero attached hydrogens (tertiary/aromatic N) is 5. The molecule has 1 aliphatic carbocycles. The van der Waals surface area contributed by atoms with Crippen LogP contribution < -0.4 is 19.1 Å². The van der Waals surface area contributed by atoms with Crippen LogP contribution in [0.25, 0.3) is 10.9 Å². The molecule has 0 atom stereocenters. The van der Waals surface area contributed by atoms with E-state index in [2.05, 4.69) is 15.0 Å². The lowest BCUT2D eigenvalue weighted by molar-refractivity contribution is -0.137. The number of hydrogen-bond donors (Lipinski definition) is 0. The van der Waals surface area contributed by atoms with Gasteiger partial charge in [0.1, 0.15) is 19.0 Å². The molecular weight excluding hydrogens is 495 g/mol. The molecule has 2 fully saturated rings. The van der Waals surface area contributed by atoms with Gasteiger partial charge in [0.05, 0.1) is 28.4 Å². The second-order valence-electron chi connectivity index (χ2n) is 9.01. The molecule has 1 saturated heterocycles. The average Bonchev–Trinajstić information content (AvgIpc) is 3.46. The van der Waals surface area contributed by atoms with Crippen LogP contribution in [0.3, 0.4) is 0 Å². The van der Waals surface area contributed by atoms with Gasteiger partial charge in [-0.05, 0) is 37.8 Å². The van der Waals surface area contributed by atoms with Gasteiger partial charge in [-0.2, -0.15) is 13.2 Å². The summed E-state index contributed by atoms with van der Waals surface area (Å²) in [6, 6.07) is 3.34. The van der Waals surface area contributed by atoms with Crippen LogP contribution in [-0.4, -0.2) is 57.3 Å². The molecule has 4 heterocycles. The zero-order valence-electron chi connectivity index (χ0n) is 19.3. The summed E-state index contributed by atoms with van der Waals surface area (Å²) in [7, 11) is 0. The van der Waals surface area contributed by atoms with Gasteiger partial charge in [0.15, 0.2) is 11.5 Å². The van der Waals surface area contributed by atoms with Crippen molar-refractivity contribution < 1.29 is 37.0 Å². The number of aromatic nitrogens is 3. The number of imide groups is 1. The van der Waals surface area contributed by atoms with Gasteiger partial charge in [0, 0.05) is 18.3 Å².